The van der Waals surface area contributed by atoms with E-state index in [0.717, 1.165) is 18.4 Å². The number of anilines is 3. The van der Waals surface area contributed by atoms with Gasteiger partial charge in [0.05, 0.1) is 5.54 Å². The summed E-state index contributed by atoms with van der Waals surface area (Å²) in [5.74, 6) is -2.61. The van der Waals surface area contributed by atoms with Crippen LogP contribution in [-0.4, -0.2) is 58.5 Å². The van der Waals surface area contributed by atoms with Gasteiger partial charge in [0.1, 0.15) is 5.82 Å². The van der Waals surface area contributed by atoms with Gasteiger partial charge in [-0.1, -0.05) is 49.7 Å². The van der Waals surface area contributed by atoms with Crippen LogP contribution in [0.1, 0.15) is 48.2 Å². The van der Waals surface area contributed by atoms with Crippen LogP contribution in [0, 0.1) is 11.2 Å². The summed E-state index contributed by atoms with van der Waals surface area (Å²) in [6.07, 6.45) is -3.15. The molecule has 0 bridgehead atoms. The van der Waals surface area contributed by atoms with Gasteiger partial charge in [-0.2, -0.15) is 28.1 Å². The number of carbonyl (C=O) groups excluding carboxylic acids is 3. The van der Waals surface area contributed by atoms with Crippen LogP contribution in [0.2, 0.25) is 5.02 Å². The Morgan fingerprint density at radius 2 is 1.42 bits per heavy atom. The van der Waals surface area contributed by atoms with Crippen molar-refractivity contribution in [1.82, 2.24) is 30.9 Å². The number of nitrogens with zero attached hydrogens (tertiary/aromatic N) is 3. The van der Waals surface area contributed by atoms with E-state index in [1.807, 2.05) is 12.1 Å². The Labute approximate surface area is 301 Å². The third-order valence-electron chi connectivity index (χ3n) is 7.91. The molecule has 5 rings (SSSR count). The van der Waals surface area contributed by atoms with Crippen molar-refractivity contribution in [2.45, 2.75) is 44.9 Å². The van der Waals surface area contributed by atoms with Gasteiger partial charge in [-0.25, -0.2) is 4.39 Å². The maximum absolute atomic E-state index is 13.1. The van der Waals surface area contributed by atoms with Gasteiger partial charge < -0.3 is 31.3 Å². The molecule has 0 spiro atoms. The molecule has 17 heteroatoms. The Kier molecular flexibility index (Phi) is 11.5. The van der Waals surface area contributed by atoms with Crippen LogP contribution in [-0.2, 0) is 21.7 Å². The molecule has 0 radical (unpaired) electrons. The molecular weight excluding hydrogens is 708 g/mol. The molecule has 0 saturated heterocycles. The van der Waals surface area contributed by atoms with Gasteiger partial charge in [-0.3, -0.25) is 14.4 Å². The Balaban J connectivity index is 1.15. The van der Waals surface area contributed by atoms with Gasteiger partial charge in [0, 0.05) is 35.9 Å². The van der Waals surface area contributed by atoms with Crippen LogP contribution in [0.25, 0.3) is 0 Å². The van der Waals surface area contributed by atoms with Crippen LogP contribution in [0.15, 0.2) is 72.8 Å². The highest BCUT2D eigenvalue weighted by molar-refractivity contribution is 6.35. The molecule has 0 atom stereocenters. The number of benzene rings is 3. The van der Waals surface area contributed by atoms with E-state index in [9.17, 15) is 31.9 Å². The van der Waals surface area contributed by atoms with Crippen LogP contribution in [0.3, 0.4) is 0 Å². The van der Waals surface area contributed by atoms with Crippen molar-refractivity contribution in [3.63, 3.8) is 0 Å². The molecule has 1 heterocycles. The highest BCUT2D eigenvalue weighted by atomic mass is 35.5. The molecule has 12 nitrogen and oxygen atoms in total. The normalized spacial score (nSPS) is 13.4. The summed E-state index contributed by atoms with van der Waals surface area (Å²) in [5.41, 5.74) is 1.11. The molecule has 52 heavy (non-hydrogen) atoms. The lowest BCUT2D eigenvalue weighted by Gasteiger charge is -2.25. The van der Waals surface area contributed by atoms with E-state index < -0.39 is 53.3 Å². The zero-order chi connectivity index (χ0) is 37.5. The zero-order valence-corrected chi connectivity index (χ0v) is 28.8. The first-order valence-electron chi connectivity index (χ1n) is 16.0. The number of amides is 3. The van der Waals surface area contributed by atoms with E-state index in [2.05, 4.69) is 41.5 Å². The molecule has 3 amide bonds. The number of hydrogen-bond acceptors (Lipinski definition) is 9. The highest BCUT2D eigenvalue weighted by Gasteiger charge is 2.45. The molecule has 1 saturated carbocycles. The van der Waals surface area contributed by atoms with Crippen molar-refractivity contribution in [2.24, 2.45) is 5.41 Å². The van der Waals surface area contributed by atoms with Crippen LogP contribution < -0.4 is 31.3 Å². The fraction of sp³-hybridized carbons (Fsp3) is 0.314. The molecule has 1 aromatic heterocycles. The fourth-order valence-electron chi connectivity index (χ4n) is 4.86. The molecule has 0 aliphatic heterocycles. The summed E-state index contributed by atoms with van der Waals surface area (Å²) < 4.78 is 56.7. The van der Waals surface area contributed by atoms with Crippen LogP contribution in [0.5, 0.6) is 6.01 Å². The van der Waals surface area contributed by atoms with Crippen LogP contribution in [0.4, 0.5) is 35.1 Å². The summed E-state index contributed by atoms with van der Waals surface area (Å²) >= 11 is 6.03. The Bertz CT molecular complexity index is 1890. The third-order valence-corrected chi connectivity index (χ3v) is 8.16. The number of nitrogens with one attached hydrogen (secondary N) is 5. The van der Waals surface area contributed by atoms with Crippen molar-refractivity contribution in [1.29, 1.82) is 0 Å². The van der Waals surface area contributed by atoms with Gasteiger partial charge in [-0.15, -0.1) is 0 Å². The smallest absolute Gasteiger partial charge is 0.422 e. The maximum Gasteiger partial charge on any atom is 0.422 e. The number of aromatic nitrogens is 3. The van der Waals surface area contributed by atoms with Crippen molar-refractivity contribution in [3.8, 4) is 6.01 Å². The van der Waals surface area contributed by atoms with Gasteiger partial charge in [0.25, 0.3) is 5.91 Å². The molecule has 0 unspecified atom stereocenters. The average Bonchev–Trinajstić information content (AvgIpc) is 3.88. The fourth-order valence-corrected chi connectivity index (χ4v) is 4.98. The third kappa shape index (κ3) is 11.0. The van der Waals surface area contributed by atoms with Crippen molar-refractivity contribution >= 4 is 46.9 Å². The van der Waals surface area contributed by atoms with E-state index >= 15 is 0 Å². The topological polar surface area (TPSA) is 159 Å². The zero-order valence-electron chi connectivity index (χ0n) is 28.0. The van der Waals surface area contributed by atoms with Gasteiger partial charge in [0.2, 0.25) is 11.9 Å². The number of carbonyl (C=O) groups is 3. The van der Waals surface area contributed by atoms with E-state index in [1.54, 1.807) is 38.1 Å². The lowest BCUT2D eigenvalue weighted by atomic mass is 9.93. The standard InChI is InChI=1S/C35H35ClF4N8O4/c1-33(2,19-43-29(51)28(50)41-17-21-3-11-25(37)12-4-21)18-42-27(49)22-5-13-26(14-6-22)44-30-45-31(47-32(46-30)52-20-35(38,39)40)48-34(15-16-34)23-7-9-24(36)10-8-23/h3-14H,15-20H2,1-2H3,(H,41,50)(H,42,49)(H,43,51)(H2,44,45,46,47,48). The van der Waals surface area contributed by atoms with E-state index in [0.29, 0.717) is 21.8 Å². The number of ether oxygens (including phenoxy) is 1. The Hall–Kier alpha value is -5.51. The van der Waals surface area contributed by atoms with Crippen molar-refractivity contribution in [2.75, 3.05) is 30.3 Å². The first-order valence-corrected chi connectivity index (χ1v) is 16.4. The minimum Gasteiger partial charge on any atom is -0.454 e. The number of hydrogen-bond donors (Lipinski definition) is 5. The van der Waals surface area contributed by atoms with Gasteiger partial charge >= 0.3 is 24.0 Å². The quantitative estimate of drug-likeness (QED) is 0.0815. The largest absolute Gasteiger partial charge is 0.454 e. The summed E-state index contributed by atoms with van der Waals surface area (Å²) in [5, 5.41) is 14.5. The molecule has 4 aromatic rings. The minimum atomic E-state index is -4.61. The van der Waals surface area contributed by atoms with Gasteiger partial charge in [-0.05, 0) is 77.9 Å². The summed E-state index contributed by atoms with van der Waals surface area (Å²) in [7, 11) is 0. The Morgan fingerprint density at radius 1 is 0.808 bits per heavy atom. The number of halogens is 5. The van der Waals surface area contributed by atoms with E-state index in [1.165, 1.54) is 36.4 Å². The molecular formula is C35H35ClF4N8O4. The first-order chi connectivity index (χ1) is 24.6. The van der Waals surface area contributed by atoms with Gasteiger partial charge in [0.15, 0.2) is 6.61 Å². The van der Waals surface area contributed by atoms with Crippen molar-refractivity contribution < 1.29 is 36.7 Å². The molecule has 274 valence electrons. The van der Waals surface area contributed by atoms with E-state index in [-0.39, 0.29) is 31.5 Å². The second kappa shape index (κ2) is 15.8. The highest BCUT2D eigenvalue weighted by Crippen LogP contribution is 2.48. The van der Waals surface area contributed by atoms with Crippen LogP contribution >= 0.6 is 11.6 Å². The second-order valence-corrected chi connectivity index (χ2v) is 13.4. The lowest BCUT2D eigenvalue weighted by molar-refractivity contribution is -0.154. The molecule has 3 aromatic carbocycles. The second-order valence-electron chi connectivity index (χ2n) is 12.9. The van der Waals surface area contributed by atoms with E-state index in [4.69, 9.17) is 16.3 Å². The molecule has 1 fully saturated rings. The summed E-state index contributed by atoms with van der Waals surface area (Å²) in [6.45, 7) is 2.28. The Morgan fingerprint density at radius 3 is 2.06 bits per heavy atom. The maximum atomic E-state index is 13.1. The lowest BCUT2D eigenvalue weighted by Crippen LogP contribution is -2.46. The van der Waals surface area contributed by atoms with Crippen molar-refractivity contribution in [3.05, 3.63) is 100 Å². The number of alkyl halides is 3. The molecule has 1 aliphatic rings. The monoisotopic (exact) mass is 742 g/mol. The first kappa shape index (κ1) is 37.7. The predicted octanol–water partition coefficient (Wildman–Crippen LogP) is 5.64. The minimum absolute atomic E-state index is 0.00236. The molecule has 5 N–H and O–H groups in total. The SMILES string of the molecule is CC(C)(CNC(=O)C(=O)NCc1ccc(F)cc1)CNC(=O)c1ccc(Nc2nc(NC3(c4ccc(Cl)cc4)CC3)nc(OCC(F)(F)F)n2)cc1. The predicted molar refractivity (Wildman–Crippen MR) is 184 cm³/mol. The average molecular weight is 743 g/mol. The summed E-state index contributed by atoms with van der Waals surface area (Å²) in [6, 6.07) is 18.3. The molecule has 1 aliphatic carbocycles. The summed E-state index contributed by atoms with van der Waals surface area (Å²) in [4.78, 5) is 49.7. The number of rotatable bonds is 14.